The molecule has 3 aromatic rings. The third-order valence-corrected chi connectivity index (χ3v) is 6.71. The van der Waals surface area contributed by atoms with E-state index in [9.17, 15) is 4.79 Å². The number of pyridine rings is 1. The van der Waals surface area contributed by atoms with Crippen LogP contribution in [0.3, 0.4) is 0 Å². The van der Waals surface area contributed by atoms with Crippen LogP contribution in [0.1, 0.15) is 21.5 Å². The van der Waals surface area contributed by atoms with Crippen molar-refractivity contribution in [2.75, 3.05) is 44.0 Å². The Morgan fingerprint density at radius 2 is 2.09 bits per heavy atom. The van der Waals surface area contributed by atoms with Gasteiger partial charge in [-0.3, -0.25) is 9.69 Å². The van der Waals surface area contributed by atoms with E-state index < -0.39 is 0 Å². The van der Waals surface area contributed by atoms with Gasteiger partial charge >= 0.3 is 0 Å². The van der Waals surface area contributed by atoms with E-state index in [1.165, 1.54) is 0 Å². The molecule has 2 aromatic heterocycles. The SMILES string of the molecule is Nc1nccc(-c2cnc(NCc3cccc(C(=O)NC4CN(C5COC5)C4)c3)c3c2OCC3)n1. The van der Waals surface area contributed by atoms with Crippen molar-refractivity contribution in [2.24, 2.45) is 0 Å². The quantitative estimate of drug-likeness (QED) is 0.467. The highest BCUT2D eigenvalue weighted by Crippen LogP contribution is 2.39. The lowest BCUT2D eigenvalue weighted by atomic mass is 10.0. The summed E-state index contributed by atoms with van der Waals surface area (Å²) in [6.07, 6.45) is 4.13. The number of fused-ring (bicyclic) bond motifs is 1. The average molecular weight is 474 g/mol. The lowest BCUT2D eigenvalue weighted by Crippen LogP contribution is -2.66. The fraction of sp³-hybridized carbons (Fsp3) is 0.360. The van der Waals surface area contributed by atoms with E-state index in [4.69, 9.17) is 15.2 Å². The number of hydrogen-bond acceptors (Lipinski definition) is 9. The Hall–Kier alpha value is -3.76. The average Bonchev–Trinajstić information content (AvgIpc) is 3.30. The van der Waals surface area contributed by atoms with Crippen molar-refractivity contribution in [2.45, 2.75) is 25.0 Å². The van der Waals surface area contributed by atoms with Crippen LogP contribution in [0.5, 0.6) is 5.75 Å². The van der Waals surface area contributed by atoms with Crippen LogP contribution >= 0.6 is 0 Å². The minimum absolute atomic E-state index is 0.0396. The molecule has 0 spiro atoms. The molecule has 4 N–H and O–H groups in total. The molecule has 0 saturated carbocycles. The Morgan fingerprint density at radius 1 is 1.20 bits per heavy atom. The van der Waals surface area contributed by atoms with E-state index >= 15 is 0 Å². The zero-order valence-electron chi connectivity index (χ0n) is 19.2. The van der Waals surface area contributed by atoms with E-state index in [0.29, 0.717) is 30.5 Å². The highest BCUT2D eigenvalue weighted by atomic mass is 16.5. The number of benzene rings is 1. The number of ether oxygens (including phenoxy) is 2. The molecule has 5 heterocycles. The van der Waals surface area contributed by atoms with Gasteiger partial charge in [0.2, 0.25) is 5.95 Å². The van der Waals surface area contributed by atoms with E-state index in [0.717, 1.165) is 61.0 Å². The molecule has 10 nitrogen and oxygen atoms in total. The minimum atomic E-state index is -0.0396. The predicted molar refractivity (Wildman–Crippen MR) is 130 cm³/mol. The third-order valence-electron chi connectivity index (χ3n) is 6.71. The Kier molecular flexibility index (Phi) is 5.67. The van der Waals surface area contributed by atoms with Gasteiger partial charge in [-0.2, -0.15) is 0 Å². The molecule has 180 valence electrons. The maximum atomic E-state index is 12.8. The molecule has 0 radical (unpaired) electrons. The maximum Gasteiger partial charge on any atom is 0.251 e. The van der Waals surface area contributed by atoms with Crippen LogP contribution in [0.15, 0.2) is 42.7 Å². The van der Waals surface area contributed by atoms with Gasteiger partial charge in [-0.25, -0.2) is 15.0 Å². The molecule has 2 saturated heterocycles. The summed E-state index contributed by atoms with van der Waals surface area (Å²) >= 11 is 0. The molecule has 2 fully saturated rings. The first-order valence-electron chi connectivity index (χ1n) is 11.8. The number of likely N-dealkylation sites (tertiary alicyclic amines) is 1. The Bertz CT molecular complexity index is 1260. The minimum Gasteiger partial charge on any atom is -0.492 e. The molecule has 1 amide bonds. The summed E-state index contributed by atoms with van der Waals surface area (Å²) in [7, 11) is 0. The number of carbonyl (C=O) groups excluding carboxylic acids is 1. The summed E-state index contributed by atoms with van der Waals surface area (Å²) in [5.41, 5.74) is 9.91. The molecule has 10 heteroatoms. The first-order valence-corrected chi connectivity index (χ1v) is 11.8. The fourth-order valence-electron chi connectivity index (χ4n) is 4.66. The molecule has 0 unspecified atom stereocenters. The van der Waals surface area contributed by atoms with Gasteiger partial charge in [-0.1, -0.05) is 12.1 Å². The first-order chi connectivity index (χ1) is 17.1. The number of rotatable bonds is 7. The second-order valence-corrected chi connectivity index (χ2v) is 9.10. The molecule has 3 aliphatic heterocycles. The van der Waals surface area contributed by atoms with Crippen LogP contribution in [0.2, 0.25) is 0 Å². The van der Waals surface area contributed by atoms with E-state index in [-0.39, 0.29) is 17.9 Å². The van der Waals surface area contributed by atoms with Crippen molar-refractivity contribution >= 4 is 17.7 Å². The molecule has 0 bridgehead atoms. The number of anilines is 2. The zero-order chi connectivity index (χ0) is 23.8. The van der Waals surface area contributed by atoms with Gasteiger partial charge in [-0.15, -0.1) is 0 Å². The first kappa shape index (κ1) is 21.8. The monoisotopic (exact) mass is 473 g/mol. The summed E-state index contributed by atoms with van der Waals surface area (Å²) in [6, 6.07) is 10.2. The molecule has 0 aliphatic carbocycles. The lowest BCUT2D eigenvalue weighted by molar-refractivity contribution is -0.0921. The summed E-state index contributed by atoms with van der Waals surface area (Å²) in [4.78, 5) is 28.0. The predicted octanol–water partition coefficient (Wildman–Crippen LogP) is 1.48. The molecule has 6 rings (SSSR count). The number of nitrogen functional groups attached to an aromatic ring is 1. The van der Waals surface area contributed by atoms with Crippen molar-refractivity contribution in [1.82, 2.24) is 25.2 Å². The van der Waals surface area contributed by atoms with Gasteiger partial charge in [0, 0.05) is 49.6 Å². The van der Waals surface area contributed by atoms with Crippen LogP contribution in [0, 0.1) is 0 Å². The lowest BCUT2D eigenvalue weighted by Gasteiger charge is -2.47. The topological polar surface area (TPSA) is 128 Å². The van der Waals surface area contributed by atoms with Gasteiger partial charge in [0.1, 0.15) is 11.6 Å². The van der Waals surface area contributed by atoms with Gasteiger partial charge in [0.15, 0.2) is 0 Å². The number of hydrogen-bond donors (Lipinski definition) is 3. The second kappa shape index (κ2) is 9.12. The third kappa shape index (κ3) is 4.38. The highest BCUT2D eigenvalue weighted by molar-refractivity contribution is 5.94. The molecule has 1 aromatic carbocycles. The van der Waals surface area contributed by atoms with Crippen LogP contribution in [-0.2, 0) is 17.7 Å². The number of nitrogens with two attached hydrogens (primary N) is 1. The maximum absolute atomic E-state index is 12.8. The molecular formula is C25H27N7O3. The van der Waals surface area contributed by atoms with Gasteiger partial charge in [0.25, 0.3) is 5.91 Å². The van der Waals surface area contributed by atoms with E-state index in [2.05, 4.69) is 30.5 Å². The number of nitrogens with zero attached hydrogens (tertiary/aromatic N) is 4. The molecule has 3 aliphatic rings. The van der Waals surface area contributed by atoms with Gasteiger partial charge in [-0.05, 0) is 23.8 Å². The number of aromatic nitrogens is 3. The van der Waals surface area contributed by atoms with Crippen molar-refractivity contribution in [1.29, 1.82) is 0 Å². The van der Waals surface area contributed by atoms with Gasteiger partial charge < -0.3 is 25.8 Å². The van der Waals surface area contributed by atoms with Crippen LogP contribution in [0.4, 0.5) is 11.8 Å². The Morgan fingerprint density at radius 3 is 2.89 bits per heavy atom. The van der Waals surface area contributed by atoms with Crippen molar-refractivity contribution in [3.8, 4) is 17.0 Å². The van der Waals surface area contributed by atoms with Crippen LogP contribution in [-0.4, -0.2) is 70.8 Å². The van der Waals surface area contributed by atoms with E-state index in [1.807, 2.05) is 24.3 Å². The second-order valence-electron chi connectivity index (χ2n) is 9.10. The number of nitrogens with one attached hydrogen (secondary N) is 2. The van der Waals surface area contributed by atoms with Crippen molar-refractivity contribution in [3.63, 3.8) is 0 Å². The van der Waals surface area contributed by atoms with E-state index in [1.54, 1.807) is 18.5 Å². The van der Waals surface area contributed by atoms with Crippen LogP contribution < -0.4 is 21.1 Å². The summed E-state index contributed by atoms with van der Waals surface area (Å²) in [5, 5.41) is 6.55. The molecular weight excluding hydrogens is 446 g/mol. The summed E-state index contributed by atoms with van der Waals surface area (Å²) < 4.78 is 11.2. The highest BCUT2D eigenvalue weighted by Gasteiger charge is 2.36. The molecule has 0 atom stereocenters. The Labute approximate surface area is 202 Å². The summed E-state index contributed by atoms with van der Waals surface area (Å²) in [5.74, 6) is 1.72. The Balaban J connectivity index is 1.11. The smallest absolute Gasteiger partial charge is 0.251 e. The standard InChI is InChI=1S/C25H27N7O3/c26-25-27-6-4-21(31-25)20-10-29-23(19-5-7-35-22(19)20)28-9-15-2-1-3-16(8-15)24(33)30-17-11-32(12-17)18-13-34-14-18/h1-4,6,8,10,17-18H,5,7,9,11-14H2,(H,28,29)(H,30,33)(H2,26,27,31). The largest absolute Gasteiger partial charge is 0.492 e. The van der Waals surface area contributed by atoms with Crippen LogP contribution in [0.25, 0.3) is 11.3 Å². The zero-order valence-corrected chi connectivity index (χ0v) is 19.2. The fourth-order valence-corrected chi connectivity index (χ4v) is 4.66. The van der Waals surface area contributed by atoms with Crippen molar-refractivity contribution < 1.29 is 14.3 Å². The number of carbonyl (C=O) groups is 1. The van der Waals surface area contributed by atoms with Crippen molar-refractivity contribution in [3.05, 3.63) is 59.4 Å². The molecule has 35 heavy (non-hydrogen) atoms. The van der Waals surface area contributed by atoms with Gasteiger partial charge in [0.05, 0.1) is 43.2 Å². The number of amides is 1. The summed E-state index contributed by atoms with van der Waals surface area (Å²) in [6.45, 7) is 4.51. The normalized spacial score (nSPS) is 17.7.